The standard InChI is InChI=1S/C14H9BrClFO/c15-12-3-1-2-11(14(12)16)13(18)8-9-4-6-10(17)7-5-9/h1-7H,8H2. The van der Waals surface area contributed by atoms with Crippen LogP contribution in [0.1, 0.15) is 15.9 Å². The fourth-order valence-corrected chi connectivity index (χ4v) is 2.20. The number of hydrogen-bond acceptors (Lipinski definition) is 1. The van der Waals surface area contributed by atoms with Gasteiger partial charge in [0.05, 0.1) is 5.02 Å². The zero-order valence-electron chi connectivity index (χ0n) is 9.29. The van der Waals surface area contributed by atoms with Gasteiger partial charge in [-0.3, -0.25) is 4.79 Å². The molecule has 0 fully saturated rings. The largest absolute Gasteiger partial charge is 0.294 e. The van der Waals surface area contributed by atoms with Gasteiger partial charge < -0.3 is 0 Å². The van der Waals surface area contributed by atoms with E-state index in [-0.39, 0.29) is 18.0 Å². The summed E-state index contributed by atoms with van der Waals surface area (Å²) in [4.78, 5) is 12.1. The summed E-state index contributed by atoms with van der Waals surface area (Å²) in [5.74, 6) is -0.403. The summed E-state index contributed by atoms with van der Waals surface area (Å²) in [5.41, 5.74) is 1.23. The number of ketones is 1. The molecule has 1 nitrogen and oxygen atoms in total. The van der Waals surface area contributed by atoms with Crippen molar-refractivity contribution in [3.05, 3.63) is 68.9 Å². The monoisotopic (exact) mass is 326 g/mol. The molecule has 0 saturated heterocycles. The zero-order chi connectivity index (χ0) is 13.1. The summed E-state index contributed by atoms with van der Waals surface area (Å²) in [5, 5.41) is 0.407. The second-order valence-electron chi connectivity index (χ2n) is 3.83. The predicted molar refractivity (Wildman–Crippen MR) is 73.6 cm³/mol. The van der Waals surface area contributed by atoms with Crippen LogP contribution in [0.15, 0.2) is 46.9 Å². The Bertz CT molecular complexity index is 581. The molecule has 0 aliphatic rings. The van der Waals surface area contributed by atoms with Crippen LogP contribution in [-0.4, -0.2) is 5.78 Å². The number of rotatable bonds is 3. The smallest absolute Gasteiger partial charge is 0.168 e. The Morgan fingerprint density at radius 2 is 1.83 bits per heavy atom. The summed E-state index contributed by atoms with van der Waals surface area (Å²) in [7, 11) is 0. The van der Waals surface area contributed by atoms with E-state index in [2.05, 4.69) is 15.9 Å². The highest BCUT2D eigenvalue weighted by molar-refractivity contribution is 9.10. The van der Waals surface area contributed by atoms with E-state index in [1.54, 1.807) is 30.3 Å². The van der Waals surface area contributed by atoms with Crippen molar-refractivity contribution >= 4 is 33.3 Å². The van der Waals surface area contributed by atoms with Crippen LogP contribution in [-0.2, 0) is 6.42 Å². The lowest BCUT2D eigenvalue weighted by Crippen LogP contribution is -2.04. The molecule has 0 aliphatic carbocycles. The maximum Gasteiger partial charge on any atom is 0.168 e. The molecule has 0 atom stereocenters. The molecule has 18 heavy (non-hydrogen) atoms. The third kappa shape index (κ3) is 2.98. The quantitative estimate of drug-likeness (QED) is 0.749. The highest BCUT2D eigenvalue weighted by Crippen LogP contribution is 2.27. The average Bonchev–Trinajstić information content (AvgIpc) is 2.35. The molecule has 0 radical (unpaired) electrons. The summed E-state index contributed by atoms with van der Waals surface area (Å²) in [6.45, 7) is 0. The van der Waals surface area contributed by atoms with Crippen LogP contribution in [0.2, 0.25) is 5.02 Å². The predicted octanol–water partition coefficient (Wildman–Crippen LogP) is 4.67. The third-order valence-electron chi connectivity index (χ3n) is 2.53. The molecule has 4 heteroatoms. The fraction of sp³-hybridized carbons (Fsp3) is 0.0714. The lowest BCUT2D eigenvalue weighted by molar-refractivity contribution is 0.0993. The molecule has 0 saturated carbocycles. The van der Waals surface area contributed by atoms with Crippen molar-refractivity contribution in [3.8, 4) is 0 Å². The van der Waals surface area contributed by atoms with Crippen molar-refractivity contribution in [2.75, 3.05) is 0 Å². The van der Waals surface area contributed by atoms with Gasteiger partial charge in [0.15, 0.2) is 5.78 Å². The Morgan fingerprint density at radius 3 is 2.50 bits per heavy atom. The summed E-state index contributed by atoms with van der Waals surface area (Å²) < 4.78 is 13.4. The van der Waals surface area contributed by atoms with Gasteiger partial charge in [-0.25, -0.2) is 4.39 Å². The number of halogens is 3. The first kappa shape index (κ1) is 13.2. The number of benzene rings is 2. The highest BCUT2D eigenvalue weighted by Gasteiger charge is 2.12. The maximum atomic E-state index is 12.8. The Kier molecular flexibility index (Phi) is 4.15. The molecule has 0 spiro atoms. The Balaban J connectivity index is 2.22. The van der Waals surface area contributed by atoms with Crippen LogP contribution in [0.3, 0.4) is 0 Å². The fourth-order valence-electron chi connectivity index (χ4n) is 1.60. The molecule has 2 aromatic carbocycles. The minimum Gasteiger partial charge on any atom is -0.294 e. The van der Waals surface area contributed by atoms with Crippen molar-refractivity contribution in [2.24, 2.45) is 0 Å². The van der Waals surface area contributed by atoms with E-state index < -0.39 is 0 Å². The molecule has 0 bridgehead atoms. The molecule has 0 amide bonds. The molecular formula is C14H9BrClFO. The third-order valence-corrected chi connectivity index (χ3v) is 3.83. The van der Waals surface area contributed by atoms with Gasteiger partial charge in [-0.15, -0.1) is 0 Å². The van der Waals surface area contributed by atoms with Gasteiger partial charge in [-0.05, 0) is 45.8 Å². The normalized spacial score (nSPS) is 10.4. The van der Waals surface area contributed by atoms with Gasteiger partial charge in [-0.2, -0.15) is 0 Å². The highest BCUT2D eigenvalue weighted by atomic mass is 79.9. The molecule has 0 aromatic heterocycles. The van der Waals surface area contributed by atoms with Crippen LogP contribution in [0.25, 0.3) is 0 Å². The van der Waals surface area contributed by atoms with Gasteiger partial charge in [0, 0.05) is 16.5 Å². The SMILES string of the molecule is O=C(Cc1ccc(F)cc1)c1cccc(Br)c1Cl. The lowest BCUT2D eigenvalue weighted by Gasteiger charge is -2.05. The second-order valence-corrected chi connectivity index (χ2v) is 5.06. The molecule has 92 valence electrons. The first-order valence-corrected chi connectivity index (χ1v) is 6.46. The van der Waals surface area contributed by atoms with Crippen molar-refractivity contribution < 1.29 is 9.18 Å². The number of carbonyl (C=O) groups excluding carboxylic acids is 1. The van der Waals surface area contributed by atoms with E-state index in [1.165, 1.54) is 12.1 Å². The van der Waals surface area contributed by atoms with Crippen molar-refractivity contribution in [1.82, 2.24) is 0 Å². The van der Waals surface area contributed by atoms with Crippen molar-refractivity contribution in [2.45, 2.75) is 6.42 Å². The zero-order valence-corrected chi connectivity index (χ0v) is 11.6. The van der Waals surface area contributed by atoms with E-state index in [0.717, 1.165) is 5.56 Å². The van der Waals surface area contributed by atoms with Crippen LogP contribution >= 0.6 is 27.5 Å². The van der Waals surface area contributed by atoms with Crippen LogP contribution in [0.4, 0.5) is 4.39 Å². The minimum absolute atomic E-state index is 0.0899. The number of Topliss-reactive ketones (excluding diaryl/α,β-unsaturated/α-hetero) is 1. The van der Waals surface area contributed by atoms with E-state index in [1.807, 2.05) is 0 Å². The average molecular weight is 328 g/mol. The van der Waals surface area contributed by atoms with Crippen LogP contribution in [0.5, 0.6) is 0 Å². The first-order chi connectivity index (χ1) is 8.58. The molecule has 0 heterocycles. The number of hydrogen-bond donors (Lipinski definition) is 0. The van der Waals surface area contributed by atoms with Crippen molar-refractivity contribution in [1.29, 1.82) is 0 Å². The van der Waals surface area contributed by atoms with Crippen LogP contribution < -0.4 is 0 Å². The Morgan fingerprint density at radius 1 is 1.17 bits per heavy atom. The lowest BCUT2D eigenvalue weighted by atomic mass is 10.0. The summed E-state index contributed by atoms with van der Waals surface area (Å²) in [6.07, 6.45) is 0.205. The number of carbonyl (C=O) groups is 1. The van der Waals surface area contributed by atoms with Gasteiger partial charge in [0.25, 0.3) is 0 Å². The molecular weight excluding hydrogens is 319 g/mol. The Hall–Kier alpha value is -1.19. The first-order valence-electron chi connectivity index (χ1n) is 5.29. The molecule has 0 unspecified atom stereocenters. The molecule has 2 aromatic rings. The topological polar surface area (TPSA) is 17.1 Å². The minimum atomic E-state index is -0.313. The van der Waals surface area contributed by atoms with E-state index in [4.69, 9.17) is 11.6 Å². The maximum absolute atomic E-state index is 12.8. The van der Waals surface area contributed by atoms with E-state index in [0.29, 0.717) is 15.1 Å². The summed E-state index contributed by atoms with van der Waals surface area (Å²) >= 11 is 9.33. The van der Waals surface area contributed by atoms with Gasteiger partial charge in [-0.1, -0.05) is 29.8 Å². The van der Waals surface area contributed by atoms with Crippen LogP contribution in [0, 0.1) is 5.82 Å². The van der Waals surface area contributed by atoms with Gasteiger partial charge >= 0.3 is 0 Å². The van der Waals surface area contributed by atoms with Crippen molar-refractivity contribution in [3.63, 3.8) is 0 Å². The molecule has 0 N–H and O–H groups in total. The van der Waals surface area contributed by atoms with Gasteiger partial charge in [0.2, 0.25) is 0 Å². The van der Waals surface area contributed by atoms with Gasteiger partial charge in [0.1, 0.15) is 5.82 Å². The molecule has 0 aliphatic heterocycles. The second kappa shape index (κ2) is 5.63. The summed E-state index contributed by atoms with van der Waals surface area (Å²) in [6, 6.07) is 11.1. The van der Waals surface area contributed by atoms with E-state index in [9.17, 15) is 9.18 Å². The Labute approximate surface area is 118 Å². The van der Waals surface area contributed by atoms with E-state index >= 15 is 0 Å². The molecule has 2 rings (SSSR count).